The van der Waals surface area contributed by atoms with Gasteiger partial charge in [0.05, 0.1) is 16.9 Å². The summed E-state index contributed by atoms with van der Waals surface area (Å²) >= 11 is 7.94. The van der Waals surface area contributed by atoms with Crippen molar-refractivity contribution >= 4 is 34.3 Å². The quantitative estimate of drug-likeness (QED) is 0.257. The first-order valence-corrected chi connectivity index (χ1v) is 10.7. The number of hydrazone groups is 1. The van der Waals surface area contributed by atoms with Gasteiger partial charge in [-0.3, -0.25) is 5.43 Å². The van der Waals surface area contributed by atoms with Crippen molar-refractivity contribution in [3.8, 4) is 17.0 Å². The van der Waals surface area contributed by atoms with Gasteiger partial charge in [-0.25, -0.2) is 4.98 Å². The normalized spacial score (nSPS) is 11.0. The molecule has 150 valence electrons. The maximum absolute atomic E-state index is 6.37. The molecule has 0 radical (unpaired) electrons. The van der Waals surface area contributed by atoms with Gasteiger partial charge >= 0.3 is 0 Å². The number of nitrogens with zero attached hydrogens (tertiary/aromatic N) is 2. The van der Waals surface area contributed by atoms with Gasteiger partial charge in [-0.1, -0.05) is 72.3 Å². The van der Waals surface area contributed by atoms with Crippen LogP contribution in [0.2, 0.25) is 5.02 Å². The van der Waals surface area contributed by atoms with Gasteiger partial charge < -0.3 is 4.74 Å². The first-order valence-electron chi connectivity index (χ1n) is 9.47. The summed E-state index contributed by atoms with van der Waals surface area (Å²) in [4.78, 5) is 5.78. The summed E-state index contributed by atoms with van der Waals surface area (Å²) < 4.78 is 5.81. The molecule has 0 aliphatic carbocycles. The molecule has 30 heavy (non-hydrogen) atoms. The van der Waals surface area contributed by atoms with Crippen LogP contribution in [-0.4, -0.2) is 11.2 Å². The Morgan fingerprint density at radius 1 is 1.03 bits per heavy atom. The van der Waals surface area contributed by atoms with E-state index in [1.54, 1.807) is 17.6 Å². The number of ether oxygens (including phenoxy) is 1. The fourth-order valence-corrected chi connectivity index (χ4v) is 3.95. The van der Waals surface area contributed by atoms with Crippen LogP contribution < -0.4 is 10.2 Å². The van der Waals surface area contributed by atoms with Crippen molar-refractivity contribution in [3.63, 3.8) is 0 Å². The highest BCUT2D eigenvalue weighted by Crippen LogP contribution is 2.30. The summed E-state index contributed by atoms with van der Waals surface area (Å²) in [6, 6.07) is 25.7. The van der Waals surface area contributed by atoms with Crippen molar-refractivity contribution in [2.45, 2.75) is 13.5 Å². The molecule has 4 nitrogen and oxygen atoms in total. The molecule has 1 heterocycles. The number of benzene rings is 3. The molecule has 0 unspecified atom stereocenters. The molecule has 3 aromatic carbocycles. The molecule has 0 bridgehead atoms. The average Bonchev–Trinajstić information content (AvgIpc) is 3.15. The first-order chi connectivity index (χ1) is 14.7. The second kappa shape index (κ2) is 9.57. The van der Waals surface area contributed by atoms with Gasteiger partial charge in [0.2, 0.25) is 5.13 Å². The fourth-order valence-electron chi connectivity index (χ4n) is 2.92. The number of halogens is 1. The lowest BCUT2D eigenvalue weighted by Gasteiger charge is -2.08. The lowest BCUT2D eigenvalue weighted by Crippen LogP contribution is -1.96. The zero-order chi connectivity index (χ0) is 20.8. The Morgan fingerprint density at radius 3 is 2.50 bits per heavy atom. The summed E-state index contributed by atoms with van der Waals surface area (Å²) in [6.07, 6.45) is 1.71. The SMILES string of the molecule is Cc1sc(N/N=C\c2ccc(OCc3ccccc3)c(Cl)c2)nc1-c1ccccc1. The summed E-state index contributed by atoms with van der Waals surface area (Å²) in [5, 5.41) is 5.59. The first kappa shape index (κ1) is 20.1. The molecule has 1 aromatic heterocycles. The van der Waals surface area contributed by atoms with Gasteiger partial charge in [-0.05, 0) is 36.2 Å². The van der Waals surface area contributed by atoms with Gasteiger partial charge in [-0.15, -0.1) is 11.3 Å². The molecular weight excluding hydrogens is 414 g/mol. The number of aromatic nitrogens is 1. The van der Waals surface area contributed by atoms with Gasteiger partial charge in [-0.2, -0.15) is 5.10 Å². The van der Waals surface area contributed by atoms with Crippen molar-refractivity contribution in [1.29, 1.82) is 0 Å². The van der Waals surface area contributed by atoms with Crippen LogP contribution in [0.1, 0.15) is 16.0 Å². The number of rotatable bonds is 7. The number of thiazole rings is 1. The molecule has 4 rings (SSSR count). The van der Waals surface area contributed by atoms with Crippen LogP contribution in [0.4, 0.5) is 5.13 Å². The van der Waals surface area contributed by atoms with E-state index >= 15 is 0 Å². The van der Waals surface area contributed by atoms with Crippen LogP contribution >= 0.6 is 22.9 Å². The Hall–Kier alpha value is -3.15. The van der Waals surface area contributed by atoms with Crippen LogP contribution in [-0.2, 0) is 6.61 Å². The van der Waals surface area contributed by atoms with E-state index in [0.29, 0.717) is 17.4 Å². The largest absolute Gasteiger partial charge is 0.487 e. The van der Waals surface area contributed by atoms with Gasteiger partial charge in [0, 0.05) is 10.4 Å². The van der Waals surface area contributed by atoms with Crippen LogP contribution in [0.5, 0.6) is 5.75 Å². The zero-order valence-electron chi connectivity index (χ0n) is 16.4. The molecule has 0 saturated heterocycles. The topological polar surface area (TPSA) is 46.5 Å². The minimum absolute atomic E-state index is 0.475. The van der Waals surface area contributed by atoms with E-state index in [1.807, 2.05) is 66.7 Å². The second-order valence-electron chi connectivity index (χ2n) is 6.62. The average molecular weight is 434 g/mol. The predicted molar refractivity (Wildman–Crippen MR) is 126 cm³/mol. The number of hydrogen-bond acceptors (Lipinski definition) is 5. The molecule has 1 N–H and O–H groups in total. The Morgan fingerprint density at radius 2 is 1.77 bits per heavy atom. The molecule has 0 aliphatic heterocycles. The minimum atomic E-state index is 0.475. The lowest BCUT2D eigenvalue weighted by molar-refractivity contribution is 0.306. The van der Waals surface area contributed by atoms with Crippen molar-refractivity contribution < 1.29 is 4.74 Å². The molecular formula is C24H20ClN3OS. The van der Waals surface area contributed by atoms with E-state index in [-0.39, 0.29) is 0 Å². The van der Waals surface area contributed by atoms with E-state index in [2.05, 4.69) is 34.6 Å². The summed E-state index contributed by atoms with van der Waals surface area (Å²) in [6.45, 7) is 2.53. The van der Waals surface area contributed by atoms with Crippen LogP contribution in [0.3, 0.4) is 0 Å². The summed E-state index contributed by atoms with van der Waals surface area (Å²) in [7, 11) is 0. The Bertz CT molecular complexity index is 1140. The number of hydrogen-bond donors (Lipinski definition) is 1. The smallest absolute Gasteiger partial charge is 0.204 e. The number of aryl methyl sites for hydroxylation is 1. The van der Waals surface area contributed by atoms with Crippen molar-refractivity contribution in [2.75, 3.05) is 5.43 Å². The second-order valence-corrected chi connectivity index (χ2v) is 8.23. The number of nitrogens with one attached hydrogen (secondary N) is 1. The van der Waals surface area contributed by atoms with Crippen molar-refractivity contribution in [1.82, 2.24) is 4.98 Å². The third-order valence-electron chi connectivity index (χ3n) is 4.41. The third-order valence-corrected chi connectivity index (χ3v) is 5.58. The highest BCUT2D eigenvalue weighted by atomic mass is 35.5. The highest BCUT2D eigenvalue weighted by Gasteiger charge is 2.09. The molecule has 0 saturated carbocycles. The molecule has 4 aromatic rings. The van der Waals surface area contributed by atoms with Crippen molar-refractivity contribution in [2.24, 2.45) is 5.10 Å². The van der Waals surface area contributed by atoms with Gasteiger partial charge in [0.15, 0.2) is 0 Å². The molecule has 0 fully saturated rings. The fraction of sp³-hybridized carbons (Fsp3) is 0.0833. The van der Waals surface area contributed by atoms with E-state index in [4.69, 9.17) is 16.3 Å². The summed E-state index contributed by atoms with van der Waals surface area (Å²) in [5.41, 5.74) is 7.04. The lowest BCUT2D eigenvalue weighted by atomic mass is 10.1. The van der Waals surface area contributed by atoms with Crippen LogP contribution in [0.15, 0.2) is 84.0 Å². The molecule has 0 spiro atoms. The standard InChI is InChI=1S/C24H20ClN3OS/c1-17-23(20-10-6-3-7-11-20)27-24(30-17)28-26-15-19-12-13-22(21(25)14-19)29-16-18-8-4-2-5-9-18/h2-15H,16H2,1H3,(H,27,28)/b26-15-. The maximum Gasteiger partial charge on any atom is 0.204 e. The number of anilines is 1. The van der Waals surface area contributed by atoms with Gasteiger partial charge in [0.1, 0.15) is 12.4 Å². The molecule has 0 aliphatic rings. The molecule has 0 amide bonds. The van der Waals surface area contributed by atoms with E-state index < -0.39 is 0 Å². The maximum atomic E-state index is 6.37. The Kier molecular flexibility index (Phi) is 6.42. The van der Waals surface area contributed by atoms with E-state index in [1.165, 1.54) is 0 Å². The minimum Gasteiger partial charge on any atom is -0.487 e. The molecule has 0 atom stereocenters. The van der Waals surface area contributed by atoms with Crippen LogP contribution in [0, 0.1) is 6.92 Å². The third kappa shape index (κ3) is 5.06. The van der Waals surface area contributed by atoms with E-state index in [9.17, 15) is 0 Å². The predicted octanol–water partition coefficient (Wildman–Crippen LogP) is 6.80. The van der Waals surface area contributed by atoms with Gasteiger partial charge in [0.25, 0.3) is 0 Å². The molecule has 6 heteroatoms. The van der Waals surface area contributed by atoms with Crippen molar-refractivity contribution in [3.05, 3.63) is 99.9 Å². The zero-order valence-corrected chi connectivity index (χ0v) is 18.0. The van der Waals surface area contributed by atoms with Crippen LogP contribution in [0.25, 0.3) is 11.3 Å². The van der Waals surface area contributed by atoms with E-state index in [0.717, 1.165) is 32.4 Å². The summed E-state index contributed by atoms with van der Waals surface area (Å²) in [5.74, 6) is 0.647. The monoisotopic (exact) mass is 433 g/mol. The Balaban J connectivity index is 1.38. The Labute approximate surface area is 184 Å². The highest BCUT2D eigenvalue weighted by molar-refractivity contribution is 7.15.